The summed E-state index contributed by atoms with van der Waals surface area (Å²) in [4.78, 5) is 1.34. The Balaban J connectivity index is 2.83. The Hall–Kier alpha value is -0.540. The van der Waals surface area contributed by atoms with Crippen LogP contribution < -0.4 is 10.1 Å². The van der Waals surface area contributed by atoms with E-state index in [1.165, 1.54) is 17.7 Å². The Morgan fingerprint density at radius 3 is 2.75 bits per heavy atom. The monoisotopic (exact) mass is 241 g/mol. The van der Waals surface area contributed by atoms with Crippen LogP contribution in [0.15, 0.2) is 11.4 Å². The van der Waals surface area contributed by atoms with Crippen LogP contribution >= 0.6 is 11.3 Å². The van der Waals surface area contributed by atoms with E-state index in [-0.39, 0.29) is 0 Å². The minimum Gasteiger partial charge on any atom is -0.496 e. The largest absolute Gasteiger partial charge is 0.496 e. The standard InChI is InChI=1S/C13H23NOS/c1-5-7-10(3)12(14-6-2)13-11(15-4)8-9-16-13/h8-10,12,14H,5-7H2,1-4H3. The third kappa shape index (κ3) is 3.22. The molecule has 0 bridgehead atoms. The summed E-state index contributed by atoms with van der Waals surface area (Å²) in [5.41, 5.74) is 0. The van der Waals surface area contributed by atoms with Gasteiger partial charge in [-0.15, -0.1) is 11.3 Å². The molecule has 1 aromatic rings. The molecule has 16 heavy (non-hydrogen) atoms. The molecule has 2 atom stereocenters. The zero-order chi connectivity index (χ0) is 12.0. The topological polar surface area (TPSA) is 21.3 Å². The maximum Gasteiger partial charge on any atom is 0.134 e. The van der Waals surface area contributed by atoms with E-state index in [1.54, 1.807) is 18.4 Å². The zero-order valence-corrected chi connectivity index (χ0v) is 11.6. The fourth-order valence-corrected chi connectivity index (χ4v) is 3.17. The van der Waals surface area contributed by atoms with E-state index in [1.807, 2.05) is 0 Å². The van der Waals surface area contributed by atoms with Gasteiger partial charge in [0.2, 0.25) is 0 Å². The van der Waals surface area contributed by atoms with Crippen molar-refractivity contribution >= 4 is 11.3 Å². The number of methoxy groups -OCH3 is 1. The van der Waals surface area contributed by atoms with Crippen molar-refractivity contribution in [1.29, 1.82) is 0 Å². The van der Waals surface area contributed by atoms with Crippen molar-refractivity contribution in [1.82, 2.24) is 5.32 Å². The van der Waals surface area contributed by atoms with Crippen LogP contribution in [0.2, 0.25) is 0 Å². The van der Waals surface area contributed by atoms with Crippen LogP contribution in [0.3, 0.4) is 0 Å². The molecule has 0 radical (unpaired) electrons. The van der Waals surface area contributed by atoms with E-state index < -0.39 is 0 Å². The first-order valence-electron chi connectivity index (χ1n) is 6.09. The molecular formula is C13H23NOS. The molecule has 1 rings (SSSR count). The highest BCUT2D eigenvalue weighted by molar-refractivity contribution is 7.10. The molecule has 1 aromatic heterocycles. The van der Waals surface area contributed by atoms with Gasteiger partial charge in [0.1, 0.15) is 5.75 Å². The predicted octanol–water partition coefficient (Wildman–Crippen LogP) is 3.84. The smallest absolute Gasteiger partial charge is 0.134 e. The number of rotatable bonds is 7. The summed E-state index contributed by atoms with van der Waals surface area (Å²) in [6.07, 6.45) is 2.48. The molecule has 92 valence electrons. The first-order chi connectivity index (χ1) is 7.74. The van der Waals surface area contributed by atoms with Gasteiger partial charge < -0.3 is 10.1 Å². The predicted molar refractivity (Wildman–Crippen MR) is 71.4 cm³/mol. The maximum atomic E-state index is 5.41. The Labute approximate surface area is 103 Å². The summed E-state index contributed by atoms with van der Waals surface area (Å²) in [6.45, 7) is 7.71. The van der Waals surface area contributed by atoms with Gasteiger partial charge in [0.05, 0.1) is 12.0 Å². The molecule has 2 unspecified atom stereocenters. The fourth-order valence-electron chi connectivity index (χ4n) is 2.10. The van der Waals surface area contributed by atoms with Gasteiger partial charge in [-0.25, -0.2) is 0 Å². The van der Waals surface area contributed by atoms with Gasteiger partial charge in [-0.1, -0.05) is 27.2 Å². The third-order valence-corrected chi connectivity index (χ3v) is 3.88. The van der Waals surface area contributed by atoms with Gasteiger partial charge in [-0.3, -0.25) is 0 Å². The minimum absolute atomic E-state index is 0.430. The summed E-state index contributed by atoms with van der Waals surface area (Å²) in [6, 6.07) is 2.49. The summed E-state index contributed by atoms with van der Waals surface area (Å²) in [7, 11) is 1.75. The molecule has 0 aliphatic rings. The summed E-state index contributed by atoms with van der Waals surface area (Å²) >= 11 is 1.79. The summed E-state index contributed by atoms with van der Waals surface area (Å²) in [5.74, 6) is 1.68. The normalized spacial score (nSPS) is 14.8. The highest BCUT2D eigenvalue weighted by Crippen LogP contribution is 2.36. The quantitative estimate of drug-likeness (QED) is 0.783. The summed E-state index contributed by atoms with van der Waals surface area (Å²) < 4.78 is 5.41. The second kappa shape index (κ2) is 6.92. The molecule has 0 aliphatic heterocycles. The third-order valence-electron chi connectivity index (χ3n) is 2.90. The van der Waals surface area contributed by atoms with Crippen molar-refractivity contribution in [3.05, 3.63) is 16.3 Å². The second-order valence-corrected chi connectivity index (χ2v) is 5.10. The van der Waals surface area contributed by atoms with Crippen LogP contribution in [0.1, 0.15) is 44.5 Å². The molecule has 0 saturated carbocycles. The van der Waals surface area contributed by atoms with Crippen molar-refractivity contribution < 1.29 is 4.74 Å². The SMILES string of the molecule is CCCC(C)C(NCC)c1sccc1OC. The highest BCUT2D eigenvalue weighted by Gasteiger charge is 2.22. The number of thiophene rings is 1. The number of hydrogen-bond acceptors (Lipinski definition) is 3. The number of hydrogen-bond donors (Lipinski definition) is 1. The highest BCUT2D eigenvalue weighted by atomic mass is 32.1. The first kappa shape index (κ1) is 13.5. The van der Waals surface area contributed by atoms with E-state index in [0.29, 0.717) is 12.0 Å². The fraction of sp³-hybridized carbons (Fsp3) is 0.692. The van der Waals surface area contributed by atoms with E-state index in [0.717, 1.165) is 12.3 Å². The molecule has 0 saturated heterocycles. The van der Waals surface area contributed by atoms with Gasteiger partial charge in [0.25, 0.3) is 0 Å². The molecule has 0 fully saturated rings. The van der Waals surface area contributed by atoms with Crippen molar-refractivity contribution in [2.75, 3.05) is 13.7 Å². The van der Waals surface area contributed by atoms with Gasteiger partial charge in [-0.05, 0) is 30.3 Å². The molecule has 1 N–H and O–H groups in total. The molecule has 0 aromatic carbocycles. The van der Waals surface area contributed by atoms with Gasteiger partial charge in [-0.2, -0.15) is 0 Å². The Morgan fingerprint density at radius 2 is 2.19 bits per heavy atom. The van der Waals surface area contributed by atoms with Crippen molar-refractivity contribution in [3.8, 4) is 5.75 Å². The zero-order valence-electron chi connectivity index (χ0n) is 10.7. The lowest BCUT2D eigenvalue weighted by Gasteiger charge is -2.24. The average Bonchev–Trinajstić information content (AvgIpc) is 2.73. The lowest BCUT2D eigenvalue weighted by atomic mass is 9.95. The molecule has 2 nitrogen and oxygen atoms in total. The molecule has 3 heteroatoms. The van der Waals surface area contributed by atoms with Crippen molar-refractivity contribution in [2.24, 2.45) is 5.92 Å². The van der Waals surface area contributed by atoms with Crippen molar-refractivity contribution in [2.45, 2.75) is 39.7 Å². The molecule has 0 aliphatic carbocycles. The van der Waals surface area contributed by atoms with Crippen LogP contribution in [0.5, 0.6) is 5.75 Å². The van der Waals surface area contributed by atoms with Gasteiger partial charge in [0, 0.05) is 6.04 Å². The lowest BCUT2D eigenvalue weighted by molar-refractivity contribution is 0.352. The van der Waals surface area contributed by atoms with Crippen LogP contribution in [-0.4, -0.2) is 13.7 Å². The van der Waals surface area contributed by atoms with Gasteiger partial charge >= 0.3 is 0 Å². The summed E-state index contributed by atoms with van der Waals surface area (Å²) in [5, 5.41) is 5.68. The Bertz CT molecular complexity index is 298. The number of ether oxygens (including phenoxy) is 1. The first-order valence-corrected chi connectivity index (χ1v) is 6.97. The van der Waals surface area contributed by atoms with Crippen LogP contribution in [0.25, 0.3) is 0 Å². The Morgan fingerprint density at radius 1 is 1.44 bits per heavy atom. The van der Waals surface area contributed by atoms with E-state index >= 15 is 0 Å². The molecular weight excluding hydrogens is 218 g/mol. The Kier molecular flexibility index (Phi) is 5.85. The average molecular weight is 241 g/mol. The minimum atomic E-state index is 0.430. The van der Waals surface area contributed by atoms with E-state index in [9.17, 15) is 0 Å². The lowest BCUT2D eigenvalue weighted by Crippen LogP contribution is -2.26. The van der Waals surface area contributed by atoms with E-state index in [4.69, 9.17) is 4.74 Å². The van der Waals surface area contributed by atoms with E-state index in [2.05, 4.69) is 37.5 Å². The maximum absolute atomic E-state index is 5.41. The van der Waals surface area contributed by atoms with Crippen molar-refractivity contribution in [3.63, 3.8) is 0 Å². The van der Waals surface area contributed by atoms with Crippen LogP contribution in [0.4, 0.5) is 0 Å². The van der Waals surface area contributed by atoms with Crippen LogP contribution in [-0.2, 0) is 0 Å². The number of nitrogens with one attached hydrogen (secondary N) is 1. The molecule has 0 spiro atoms. The second-order valence-electron chi connectivity index (χ2n) is 4.15. The molecule has 0 amide bonds. The van der Waals surface area contributed by atoms with Gasteiger partial charge in [0.15, 0.2) is 0 Å². The van der Waals surface area contributed by atoms with Crippen LogP contribution in [0, 0.1) is 5.92 Å². The molecule has 1 heterocycles.